The Bertz CT molecular complexity index is 323. The lowest BCUT2D eigenvalue weighted by atomic mass is 10.2. The molecule has 1 aromatic rings. The summed E-state index contributed by atoms with van der Waals surface area (Å²) in [7, 11) is 0. The second-order valence-electron chi connectivity index (χ2n) is 4.22. The molecule has 15 heavy (non-hydrogen) atoms. The Balaban J connectivity index is 1.95. The standard InChI is InChI=1S/C12H17ClN2/c1-2-15(8-10-5-6-10)9-11-4-3-7-14-12(11)13/h3-4,7,10H,2,5-6,8-9H2,1H3. The van der Waals surface area contributed by atoms with Crippen molar-refractivity contribution in [1.82, 2.24) is 9.88 Å². The number of halogens is 1. The maximum Gasteiger partial charge on any atom is 0.133 e. The van der Waals surface area contributed by atoms with Gasteiger partial charge in [0.2, 0.25) is 0 Å². The first-order valence-electron chi connectivity index (χ1n) is 5.61. The van der Waals surface area contributed by atoms with Crippen LogP contribution in [0.1, 0.15) is 25.3 Å². The lowest BCUT2D eigenvalue weighted by Gasteiger charge is -2.20. The molecular weight excluding hydrogens is 208 g/mol. The van der Waals surface area contributed by atoms with Crippen LogP contribution < -0.4 is 0 Å². The van der Waals surface area contributed by atoms with E-state index in [2.05, 4.69) is 22.9 Å². The van der Waals surface area contributed by atoms with Gasteiger partial charge in [-0.05, 0) is 31.4 Å². The van der Waals surface area contributed by atoms with Crippen molar-refractivity contribution >= 4 is 11.6 Å². The smallest absolute Gasteiger partial charge is 0.133 e. The summed E-state index contributed by atoms with van der Waals surface area (Å²) in [5.41, 5.74) is 1.14. The molecule has 0 aliphatic heterocycles. The van der Waals surface area contributed by atoms with E-state index in [4.69, 9.17) is 11.6 Å². The highest BCUT2D eigenvalue weighted by atomic mass is 35.5. The van der Waals surface area contributed by atoms with Crippen molar-refractivity contribution in [3.8, 4) is 0 Å². The Labute approximate surface area is 96.3 Å². The Morgan fingerprint density at radius 3 is 2.93 bits per heavy atom. The molecule has 0 radical (unpaired) electrons. The van der Waals surface area contributed by atoms with E-state index in [0.717, 1.165) is 24.6 Å². The first kappa shape index (κ1) is 10.9. The zero-order valence-electron chi connectivity index (χ0n) is 9.12. The van der Waals surface area contributed by atoms with E-state index < -0.39 is 0 Å². The van der Waals surface area contributed by atoms with Crippen LogP contribution in [0.2, 0.25) is 5.15 Å². The SMILES string of the molecule is CCN(Cc1cccnc1Cl)CC1CC1. The normalized spacial score (nSPS) is 15.9. The lowest BCUT2D eigenvalue weighted by molar-refractivity contribution is 0.268. The van der Waals surface area contributed by atoms with Crippen molar-refractivity contribution in [2.45, 2.75) is 26.3 Å². The topological polar surface area (TPSA) is 16.1 Å². The van der Waals surface area contributed by atoms with Crippen molar-refractivity contribution in [1.29, 1.82) is 0 Å². The van der Waals surface area contributed by atoms with Gasteiger partial charge in [-0.1, -0.05) is 24.6 Å². The molecule has 0 amide bonds. The van der Waals surface area contributed by atoms with Crippen molar-refractivity contribution < 1.29 is 0 Å². The molecule has 1 saturated carbocycles. The Hall–Kier alpha value is -0.600. The maximum atomic E-state index is 6.04. The molecule has 1 fully saturated rings. The molecule has 2 rings (SSSR count). The molecular formula is C12H17ClN2. The fraction of sp³-hybridized carbons (Fsp3) is 0.583. The second-order valence-corrected chi connectivity index (χ2v) is 4.58. The van der Waals surface area contributed by atoms with Gasteiger partial charge in [-0.25, -0.2) is 4.98 Å². The van der Waals surface area contributed by atoms with E-state index in [-0.39, 0.29) is 0 Å². The fourth-order valence-corrected chi connectivity index (χ4v) is 1.93. The number of pyridine rings is 1. The predicted octanol–water partition coefficient (Wildman–Crippen LogP) is 2.97. The molecule has 2 nitrogen and oxygen atoms in total. The summed E-state index contributed by atoms with van der Waals surface area (Å²) in [5.74, 6) is 0.931. The van der Waals surface area contributed by atoms with Crippen LogP contribution in [0.25, 0.3) is 0 Å². The molecule has 3 heteroatoms. The van der Waals surface area contributed by atoms with E-state index in [0.29, 0.717) is 5.15 Å². The minimum Gasteiger partial charge on any atom is -0.299 e. The molecule has 0 atom stereocenters. The van der Waals surface area contributed by atoms with Gasteiger partial charge >= 0.3 is 0 Å². The highest BCUT2D eigenvalue weighted by Crippen LogP contribution is 2.30. The number of hydrogen-bond acceptors (Lipinski definition) is 2. The minimum atomic E-state index is 0.645. The van der Waals surface area contributed by atoms with Crippen molar-refractivity contribution in [3.05, 3.63) is 29.0 Å². The molecule has 0 spiro atoms. The van der Waals surface area contributed by atoms with Crippen LogP contribution >= 0.6 is 11.6 Å². The number of hydrogen-bond donors (Lipinski definition) is 0. The maximum absolute atomic E-state index is 6.04. The third-order valence-corrected chi connectivity index (χ3v) is 3.23. The molecule has 1 heterocycles. The van der Waals surface area contributed by atoms with Crippen LogP contribution in [0.15, 0.2) is 18.3 Å². The summed E-state index contributed by atoms with van der Waals surface area (Å²) in [4.78, 5) is 6.55. The number of aromatic nitrogens is 1. The van der Waals surface area contributed by atoms with Gasteiger partial charge in [0.25, 0.3) is 0 Å². The number of rotatable bonds is 5. The summed E-state index contributed by atoms with van der Waals surface area (Å²) < 4.78 is 0. The molecule has 1 aromatic heterocycles. The van der Waals surface area contributed by atoms with E-state index in [9.17, 15) is 0 Å². The fourth-order valence-electron chi connectivity index (χ4n) is 1.75. The molecule has 0 saturated heterocycles. The van der Waals surface area contributed by atoms with E-state index in [1.165, 1.54) is 19.4 Å². The summed E-state index contributed by atoms with van der Waals surface area (Å²) in [6.07, 6.45) is 4.54. The van der Waals surface area contributed by atoms with Gasteiger partial charge in [0, 0.05) is 24.8 Å². The Morgan fingerprint density at radius 1 is 1.53 bits per heavy atom. The molecule has 0 unspecified atom stereocenters. The monoisotopic (exact) mass is 224 g/mol. The quantitative estimate of drug-likeness (QED) is 0.715. The van der Waals surface area contributed by atoms with E-state index in [1.807, 2.05) is 6.07 Å². The summed E-state index contributed by atoms with van der Waals surface area (Å²) in [5, 5.41) is 0.645. The molecule has 1 aliphatic carbocycles. The van der Waals surface area contributed by atoms with Crippen LogP contribution in [0.5, 0.6) is 0 Å². The second kappa shape index (κ2) is 4.95. The first-order chi connectivity index (χ1) is 7.29. The number of nitrogens with zero attached hydrogens (tertiary/aromatic N) is 2. The Morgan fingerprint density at radius 2 is 2.33 bits per heavy atom. The van der Waals surface area contributed by atoms with E-state index >= 15 is 0 Å². The van der Waals surface area contributed by atoms with Crippen LogP contribution in [-0.2, 0) is 6.54 Å². The molecule has 0 N–H and O–H groups in total. The van der Waals surface area contributed by atoms with Crippen LogP contribution in [0, 0.1) is 5.92 Å². The van der Waals surface area contributed by atoms with Gasteiger partial charge in [-0.2, -0.15) is 0 Å². The van der Waals surface area contributed by atoms with Crippen molar-refractivity contribution in [3.63, 3.8) is 0 Å². The van der Waals surface area contributed by atoms with E-state index in [1.54, 1.807) is 6.20 Å². The third-order valence-electron chi connectivity index (χ3n) is 2.89. The van der Waals surface area contributed by atoms with Gasteiger partial charge < -0.3 is 0 Å². The largest absolute Gasteiger partial charge is 0.299 e. The van der Waals surface area contributed by atoms with Crippen LogP contribution in [0.3, 0.4) is 0 Å². The predicted molar refractivity (Wildman–Crippen MR) is 62.9 cm³/mol. The average molecular weight is 225 g/mol. The van der Waals surface area contributed by atoms with Gasteiger partial charge in [0.1, 0.15) is 5.15 Å². The van der Waals surface area contributed by atoms with Crippen LogP contribution in [-0.4, -0.2) is 23.0 Å². The highest BCUT2D eigenvalue weighted by Gasteiger charge is 2.23. The highest BCUT2D eigenvalue weighted by molar-refractivity contribution is 6.30. The van der Waals surface area contributed by atoms with Crippen molar-refractivity contribution in [2.24, 2.45) is 5.92 Å². The van der Waals surface area contributed by atoms with Gasteiger partial charge in [-0.15, -0.1) is 0 Å². The molecule has 0 bridgehead atoms. The molecule has 82 valence electrons. The average Bonchev–Trinajstić information content (AvgIpc) is 3.04. The van der Waals surface area contributed by atoms with Gasteiger partial charge in [0.15, 0.2) is 0 Å². The van der Waals surface area contributed by atoms with Crippen LogP contribution in [0.4, 0.5) is 0 Å². The summed E-state index contributed by atoms with van der Waals surface area (Å²) in [6, 6.07) is 4.01. The third kappa shape index (κ3) is 3.18. The first-order valence-corrected chi connectivity index (χ1v) is 5.99. The van der Waals surface area contributed by atoms with Gasteiger partial charge in [0.05, 0.1) is 0 Å². The lowest BCUT2D eigenvalue weighted by Crippen LogP contribution is -2.25. The zero-order valence-corrected chi connectivity index (χ0v) is 9.87. The zero-order chi connectivity index (χ0) is 10.7. The van der Waals surface area contributed by atoms with Gasteiger partial charge in [-0.3, -0.25) is 4.90 Å². The molecule has 0 aromatic carbocycles. The van der Waals surface area contributed by atoms with Crippen molar-refractivity contribution in [2.75, 3.05) is 13.1 Å². The summed E-state index contributed by atoms with van der Waals surface area (Å²) >= 11 is 6.04. The minimum absolute atomic E-state index is 0.645. The summed E-state index contributed by atoms with van der Waals surface area (Å²) in [6.45, 7) is 5.43. The Kier molecular flexibility index (Phi) is 3.60. The molecule has 1 aliphatic rings.